The van der Waals surface area contributed by atoms with Crippen molar-refractivity contribution in [1.82, 2.24) is 0 Å². The molecule has 0 saturated carbocycles. The number of hydrogen-bond acceptors (Lipinski definition) is 3. The number of halogens is 1. The number of amides is 1. The van der Waals surface area contributed by atoms with E-state index in [0.29, 0.717) is 10.6 Å². The molecule has 2 aromatic carbocycles. The van der Waals surface area contributed by atoms with Crippen LogP contribution in [0.3, 0.4) is 0 Å². The summed E-state index contributed by atoms with van der Waals surface area (Å²) in [5, 5.41) is 8.19. The maximum absolute atomic E-state index is 13.1. The van der Waals surface area contributed by atoms with Crippen LogP contribution < -0.4 is 4.90 Å². The van der Waals surface area contributed by atoms with Crippen molar-refractivity contribution in [3.05, 3.63) is 70.4 Å². The van der Waals surface area contributed by atoms with Gasteiger partial charge in [-0.15, -0.1) is 0 Å². The van der Waals surface area contributed by atoms with Crippen LogP contribution >= 0.6 is 11.8 Å². The maximum Gasteiger partial charge on any atom is 0.271 e. The Hall–Kier alpha value is -2.40. The fourth-order valence-electron chi connectivity index (χ4n) is 2.54. The fraction of sp³-hybridized carbons (Fsp3) is 0.200. The van der Waals surface area contributed by atoms with E-state index in [0.717, 1.165) is 17.3 Å². The van der Waals surface area contributed by atoms with E-state index >= 15 is 0 Å². The molecule has 0 bridgehead atoms. The molecular formula is C20H19FN2OS. The highest BCUT2D eigenvalue weighted by atomic mass is 32.2. The van der Waals surface area contributed by atoms with Crippen LogP contribution in [0.25, 0.3) is 6.08 Å². The lowest BCUT2D eigenvalue weighted by Gasteiger charge is -2.18. The van der Waals surface area contributed by atoms with Gasteiger partial charge in [0.1, 0.15) is 5.82 Å². The molecule has 1 heterocycles. The minimum atomic E-state index is -0.371. The Bertz CT molecular complexity index is 849. The number of hydrogen-bond donors (Lipinski definition) is 1. The molecule has 0 spiro atoms. The van der Waals surface area contributed by atoms with Crippen LogP contribution in [0.15, 0.2) is 53.4 Å². The Kier molecular flexibility index (Phi) is 4.52. The van der Waals surface area contributed by atoms with Crippen molar-refractivity contribution in [2.75, 3.05) is 4.90 Å². The summed E-state index contributed by atoms with van der Waals surface area (Å²) in [4.78, 5) is 14.4. The van der Waals surface area contributed by atoms with E-state index in [-0.39, 0.29) is 22.3 Å². The summed E-state index contributed by atoms with van der Waals surface area (Å²) in [7, 11) is 0. The average Bonchev–Trinajstić information content (AvgIpc) is 2.82. The number of thioether (sulfide) groups is 1. The molecule has 1 fully saturated rings. The van der Waals surface area contributed by atoms with Crippen LogP contribution in [0.4, 0.5) is 10.1 Å². The van der Waals surface area contributed by atoms with Crippen molar-refractivity contribution >= 4 is 34.6 Å². The number of carbonyl (C=O) groups is 1. The largest absolute Gasteiger partial charge is 0.278 e. The second-order valence-corrected chi connectivity index (χ2v) is 7.94. The number of rotatable bonds is 2. The Morgan fingerprint density at radius 2 is 1.64 bits per heavy atom. The molecule has 0 aliphatic carbocycles. The van der Waals surface area contributed by atoms with Crippen LogP contribution in [0.5, 0.6) is 0 Å². The maximum atomic E-state index is 13.1. The van der Waals surface area contributed by atoms with Crippen molar-refractivity contribution < 1.29 is 9.18 Å². The molecule has 1 aliphatic heterocycles. The van der Waals surface area contributed by atoms with Gasteiger partial charge in [0.25, 0.3) is 5.91 Å². The van der Waals surface area contributed by atoms with Crippen molar-refractivity contribution in [2.24, 2.45) is 0 Å². The molecular weight excluding hydrogens is 335 g/mol. The minimum Gasteiger partial charge on any atom is -0.278 e. The quantitative estimate of drug-likeness (QED) is 0.755. The molecule has 2 aromatic rings. The van der Waals surface area contributed by atoms with Gasteiger partial charge < -0.3 is 0 Å². The fourth-order valence-corrected chi connectivity index (χ4v) is 3.40. The SMILES string of the molecule is CC(C)(C)c1ccc(/C=C2\SC(=N)N(c3ccc(F)cc3)C2=O)cc1. The molecule has 25 heavy (non-hydrogen) atoms. The Morgan fingerprint density at radius 1 is 1.04 bits per heavy atom. The van der Waals surface area contributed by atoms with Crippen LogP contribution in [0.1, 0.15) is 31.9 Å². The van der Waals surface area contributed by atoms with Gasteiger partial charge in [-0.05, 0) is 58.6 Å². The lowest BCUT2D eigenvalue weighted by atomic mass is 9.87. The number of nitrogens with zero attached hydrogens (tertiary/aromatic N) is 1. The van der Waals surface area contributed by atoms with E-state index in [1.807, 2.05) is 12.1 Å². The van der Waals surface area contributed by atoms with Gasteiger partial charge in [-0.25, -0.2) is 4.39 Å². The van der Waals surface area contributed by atoms with Crippen molar-refractivity contribution in [2.45, 2.75) is 26.2 Å². The van der Waals surface area contributed by atoms with Crippen LogP contribution in [0.2, 0.25) is 0 Å². The third kappa shape index (κ3) is 3.66. The predicted octanol–water partition coefficient (Wildman–Crippen LogP) is 5.18. The smallest absolute Gasteiger partial charge is 0.271 e. The first-order chi connectivity index (χ1) is 11.8. The van der Waals surface area contributed by atoms with E-state index in [1.54, 1.807) is 6.08 Å². The molecule has 1 aliphatic rings. The highest BCUT2D eigenvalue weighted by molar-refractivity contribution is 8.19. The van der Waals surface area contributed by atoms with E-state index in [2.05, 4.69) is 32.9 Å². The van der Waals surface area contributed by atoms with Crippen molar-refractivity contribution in [3.63, 3.8) is 0 Å². The lowest BCUT2D eigenvalue weighted by molar-refractivity contribution is -0.113. The highest BCUT2D eigenvalue weighted by Crippen LogP contribution is 2.35. The summed E-state index contributed by atoms with van der Waals surface area (Å²) < 4.78 is 13.1. The summed E-state index contributed by atoms with van der Waals surface area (Å²) >= 11 is 1.11. The Balaban J connectivity index is 1.86. The van der Waals surface area contributed by atoms with Crippen LogP contribution in [0, 0.1) is 11.2 Å². The van der Waals surface area contributed by atoms with E-state index < -0.39 is 0 Å². The number of anilines is 1. The number of nitrogens with one attached hydrogen (secondary N) is 1. The standard InChI is InChI=1S/C20H19FN2OS/c1-20(2,3)14-6-4-13(5-7-14)12-17-18(24)23(19(22)25-17)16-10-8-15(21)9-11-16/h4-12,22H,1-3H3/b17-12-,22-19?. The van der Waals surface area contributed by atoms with Gasteiger partial charge in [0, 0.05) is 0 Å². The monoisotopic (exact) mass is 354 g/mol. The molecule has 1 saturated heterocycles. The Morgan fingerprint density at radius 3 is 2.20 bits per heavy atom. The van der Waals surface area contributed by atoms with Gasteiger partial charge in [-0.3, -0.25) is 15.1 Å². The highest BCUT2D eigenvalue weighted by Gasteiger charge is 2.33. The van der Waals surface area contributed by atoms with E-state index in [9.17, 15) is 9.18 Å². The number of carbonyl (C=O) groups excluding carboxylic acids is 1. The molecule has 3 nitrogen and oxygen atoms in total. The zero-order valence-electron chi connectivity index (χ0n) is 14.3. The van der Waals surface area contributed by atoms with E-state index in [1.165, 1.54) is 34.7 Å². The molecule has 1 N–H and O–H groups in total. The molecule has 0 radical (unpaired) electrons. The van der Waals surface area contributed by atoms with Gasteiger partial charge in [-0.1, -0.05) is 45.0 Å². The molecule has 128 valence electrons. The number of benzene rings is 2. The normalized spacial score (nSPS) is 16.8. The third-order valence-corrected chi connectivity index (χ3v) is 4.87. The van der Waals surface area contributed by atoms with Crippen molar-refractivity contribution in [1.29, 1.82) is 5.41 Å². The molecule has 3 rings (SSSR count). The summed E-state index contributed by atoms with van der Waals surface area (Å²) in [5.74, 6) is -0.634. The molecule has 0 unspecified atom stereocenters. The lowest BCUT2D eigenvalue weighted by Crippen LogP contribution is -2.28. The Labute approximate surface area is 151 Å². The zero-order chi connectivity index (χ0) is 18.2. The van der Waals surface area contributed by atoms with Crippen molar-refractivity contribution in [3.8, 4) is 0 Å². The van der Waals surface area contributed by atoms with E-state index in [4.69, 9.17) is 5.41 Å². The first-order valence-corrected chi connectivity index (χ1v) is 8.76. The zero-order valence-corrected chi connectivity index (χ0v) is 15.2. The van der Waals surface area contributed by atoms with Crippen LogP contribution in [-0.2, 0) is 10.2 Å². The second kappa shape index (κ2) is 6.48. The van der Waals surface area contributed by atoms with Gasteiger partial charge in [0.15, 0.2) is 5.17 Å². The summed E-state index contributed by atoms with van der Waals surface area (Å²) in [5.41, 5.74) is 2.71. The molecule has 1 amide bonds. The van der Waals surface area contributed by atoms with Gasteiger partial charge in [-0.2, -0.15) is 0 Å². The first-order valence-electron chi connectivity index (χ1n) is 7.94. The third-order valence-electron chi connectivity index (χ3n) is 3.98. The van der Waals surface area contributed by atoms with Gasteiger partial charge in [0.05, 0.1) is 10.6 Å². The van der Waals surface area contributed by atoms with Gasteiger partial charge >= 0.3 is 0 Å². The number of amidine groups is 1. The molecule has 5 heteroatoms. The summed E-state index contributed by atoms with van der Waals surface area (Å²) in [6.45, 7) is 6.45. The average molecular weight is 354 g/mol. The van der Waals surface area contributed by atoms with Gasteiger partial charge in [0.2, 0.25) is 0 Å². The topological polar surface area (TPSA) is 44.2 Å². The predicted molar refractivity (Wildman–Crippen MR) is 102 cm³/mol. The molecule has 0 aromatic heterocycles. The minimum absolute atomic E-state index is 0.0745. The second-order valence-electron chi connectivity index (χ2n) is 6.90. The summed E-state index contributed by atoms with van der Waals surface area (Å²) in [6, 6.07) is 13.6. The summed E-state index contributed by atoms with van der Waals surface area (Å²) in [6.07, 6.45) is 1.79. The molecule has 0 atom stereocenters. The van der Waals surface area contributed by atoms with Crippen LogP contribution in [-0.4, -0.2) is 11.1 Å². The first kappa shape index (κ1) is 17.4.